The van der Waals surface area contributed by atoms with E-state index < -0.39 is 0 Å². The van der Waals surface area contributed by atoms with Crippen LogP contribution in [0.3, 0.4) is 0 Å². The van der Waals surface area contributed by atoms with E-state index in [4.69, 9.17) is 5.73 Å². The zero-order chi connectivity index (χ0) is 13.5. The van der Waals surface area contributed by atoms with Gasteiger partial charge >= 0.3 is 0 Å². The van der Waals surface area contributed by atoms with Crippen LogP contribution >= 0.6 is 0 Å². The number of nitrogens with zero attached hydrogens (tertiary/aromatic N) is 1. The molecular formula is C14H29N3O. The average molecular weight is 255 g/mol. The Balaban J connectivity index is 2.28. The van der Waals surface area contributed by atoms with Crippen LogP contribution in [0.15, 0.2) is 0 Å². The predicted octanol–water partition coefficient (Wildman–Crippen LogP) is 1.21. The smallest absolute Gasteiger partial charge is 0.223 e. The van der Waals surface area contributed by atoms with Crippen molar-refractivity contribution in [1.29, 1.82) is 0 Å². The minimum Gasteiger partial charge on any atom is -0.355 e. The van der Waals surface area contributed by atoms with Crippen molar-refractivity contribution in [2.24, 2.45) is 17.6 Å². The summed E-state index contributed by atoms with van der Waals surface area (Å²) in [5, 5.41) is 3.08. The highest BCUT2D eigenvalue weighted by Gasteiger charge is 2.30. The minimum absolute atomic E-state index is 0.168. The van der Waals surface area contributed by atoms with E-state index in [9.17, 15) is 4.79 Å². The first-order valence-electron chi connectivity index (χ1n) is 7.34. The van der Waals surface area contributed by atoms with Gasteiger partial charge in [-0.1, -0.05) is 20.8 Å². The second kappa shape index (κ2) is 7.74. The highest BCUT2D eigenvalue weighted by Crippen LogP contribution is 2.28. The Morgan fingerprint density at radius 2 is 2.00 bits per heavy atom. The van der Waals surface area contributed by atoms with Crippen molar-refractivity contribution < 1.29 is 4.79 Å². The minimum atomic E-state index is 0.168. The third kappa shape index (κ3) is 4.58. The van der Waals surface area contributed by atoms with E-state index in [1.807, 2.05) is 0 Å². The van der Waals surface area contributed by atoms with Crippen LogP contribution in [0.5, 0.6) is 0 Å². The maximum absolute atomic E-state index is 12.1. The lowest BCUT2D eigenvalue weighted by atomic mass is 9.78. The summed E-state index contributed by atoms with van der Waals surface area (Å²) in [6.45, 7) is 10.2. The molecule has 0 aromatic rings. The number of hydrogen-bond donors (Lipinski definition) is 2. The molecule has 0 spiro atoms. The van der Waals surface area contributed by atoms with Gasteiger partial charge in [-0.25, -0.2) is 0 Å². The summed E-state index contributed by atoms with van der Waals surface area (Å²) in [7, 11) is 0. The number of rotatable bonds is 6. The fourth-order valence-corrected chi connectivity index (χ4v) is 2.84. The molecule has 1 fully saturated rings. The second-order valence-electron chi connectivity index (χ2n) is 5.47. The molecule has 4 heteroatoms. The number of nitrogens with one attached hydrogen (secondary N) is 1. The quantitative estimate of drug-likeness (QED) is 0.750. The number of carbonyl (C=O) groups is 1. The van der Waals surface area contributed by atoms with Crippen LogP contribution in [-0.4, -0.2) is 43.0 Å². The van der Waals surface area contributed by atoms with E-state index in [2.05, 4.69) is 31.0 Å². The third-order valence-corrected chi connectivity index (χ3v) is 4.17. The average Bonchev–Trinajstić information content (AvgIpc) is 2.34. The molecular weight excluding hydrogens is 226 g/mol. The van der Waals surface area contributed by atoms with Gasteiger partial charge in [0.2, 0.25) is 5.91 Å². The van der Waals surface area contributed by atoms with Crippen LogP contribution < -0.4 is 11.1 Å². The van der Waals surface area contributed by atoms with Gasteiger partial charge in [0.15, 0.2) is 0 Å². The molecule has 0 aromatic heterocycles. The Bertz CT molecular complexity index is 253. The highest BCUT2D eigenvalue weighted by molar-refractivity contribution is 5.79. The Labute approximate surface area is 111 Å². The molecule has 1 aliphatic rings. The first kappa shape index (κ1) is 15.4. The highest BCUT2D eigenvalue weighted by atomic mass is 16.1. The van der Waals surface area contributed by atoms with Crippen molar-refractivity contribution >= 4 is 5.91 Å². The summed E-state index contributed by atoms with van der Waals surface area (Å²) in [4.78, 5) is 14.4. The number of likely N-dealkylation sites (N-methyl/N-ethyl adjacent to an activating group) is 1. The molecule has 0 aromatic carbocycles. The summed E-state index contributed by atoms with van der Waals surface area (Å²) in [6.07, 6.45) is 2.91. The molecule has 0 heterocycles. The van der Waals surface area contributed by atoms with Crippen LogP contribution in [-0.2, 0) is 4.79 Å². The van der Waals surface area contributed by atoms with Crippen molar-refractivity contribution in [3.05, 3.63) is 0 Å². The van der Waals surface area contributed by atoms with Gasteiger partial charge < -0.3 is 16.0 Å². The lowest BCUT2D eigenvalue weighted by Gasteiger charge is -2.31. The molecule has 106 valence electrons. The van der Waals surface area contributed by atoms with Crippen LogP contribution in [0.2, 0.25) is 0 Å². The maximum atomic E-state index is 12.1. The molecule has 0 bridgehead atoms. The molecule has 0 saturated heterocycles. The van der Waals surface area contributed by atoms with Gasteiger partial charge in [-0.2, -0.15) is 0 Å². The zero-order valence-corrected chi connectivity index (χ0v) is 12.1. The molecule has 0 aliphatic heterocycles. The zero-order valence-electron chi connectivity index (χ0n) is 12.1. The van der Waals surface area contributed by atoms with Gasteiger partial charge in [-0.3, -0.25) is 4.79 Å². The van der Waals surface area contributed by atoms with Gasteiger partial charge in [-0.05, 0) is 38.3 Å². The van der Waals surface area contributed by atoms with E-state index in [0.717, 1.165) is 45.4 Å². The predicted molar refractivity (Wildman–Crippen MR) is 75.3 cm³/mol. The molecule has 1 saturated carbocycles. The third-order valence-electron chi connectivity index (χ3n) is 4.17. The molecule has 3 N–H and O–H groups in total. The number of amides is 1. The number of hydrogen-bond acceptors (Lipinski definition) is 3. The molecule has 3 atom stereocenters. The van der Waals surface area contributed by atoms with Crippen molar-refractivity contribution in [2.75, 3.05) is 26.2 Å². The lowest BCUT2D eigenvalue weighted by molar-refractivity contribution is -0.127. The van der Waals surface area contributed by atoms with E-state index in [0.29, 0.717) is 12.0 Å². The van der Waals surface area contributed by atoms with Crippen molar-refractivity contribution in [3.8, 4) is 0 Å². The number of nitrogens with two attached hydrogens (primary N) is 1. The Morgan fingerprint density at radius 3 is 2.56 bits per heavy atom. The molecule has 1 rings (SSSR count). The van der Waals surface area contributed by atoms with Gasteiger partial charge in [0.25, 0.3) is 0 Å². The van der Waals surface area contributed by atoms with E-state index in [1.54, 1.807) is 0 Å². The van der Waals surface area contributed by atoms with Gasteiger partial charge in [-0.15, -0.1) is 0 Å². The first-order valence-corrected chi connectivity index (χ1v) is 7.34. The molecule has 1 amide bonds. The van der Waals surface area contributed by atoms with Gasteiger partial charge in [0, 0.05) is 25.0 Å². The molecule has 0 radical (unpaired) electrons. The number of carbonyl (C=O) groups excluding carboxylic acids is 1. The largest absolute Gasteiger partial charge is 0.355 e. The lowest BCUT2D eigenvalue weighted by Crippen LogP contribution is -2.43. The van der Waals surface area contributed by atoms with E-state index >= 15 is 0 Å². The summed E-state index contributed by atoms with van der Waals surface area (Å²) in [5.41, 5.74) is 5.93. The molecule has 18 heavy (non-hydrogen) atoms. The monoisotopic (exact) mass is 255 g/mol. The summed E-state index contributed by atoms with van der Waals surface area (Å²) < 4.78 is 0. The Kier molecular flexibility index (Phi) is 6.65. The van der Waals surface area contributed by atoms with Gasteiger partial charge in [0.1, 0.15) is 0 Å². The van der Waals surface area contributed by atoms with Gasteiger partial charge in [0.05, 0.1) is 0 Å². The van der Waals surface area contributed by atoms with Crippen molar-refractivity contribution in [3.63, 3.8) is 0 Å². The summed E-state index contributed by atoms with van der Waals surface area (Å²) >= 11 is 0. The second-order valence-corrected chi connectivity index (χ2v) is 5.47. The van der Waals surface area contributed by atoms with Crippen molar-refractivity contribution in [1.82, 2.24) is 10.2 Å². The molecule has 4 nitrogen and oxygen atoms in total. The van der Waals surface area contributed by atoms with E-state index in [1.165, 1.54) is 0 Å². The Morgan fingerprint density at radius 1 is 1.33 bits per heavy atom. The SMILES string of the molecule is CCN(CC)CCNC(=O)C1CCC(N)CC1C. The molecule has 1 aliphatic carbocycles. The van der Waals surface area contributed by atoms with Crippen LogP contribution in [0.1, 0.15) is 40.0 Å². The summed E-state index contributed by atoms with van der Waals surface area (Å²) in [5.74, 6) is 0.810. The standard InChI is InChI=1S/C14H29N3O/c1-4-17(5-2)9-8-16-14(18)13-7-6-12(15)10-11(13)3/h11-13H,4-10,15H2,1-3H3,(H,16,18). The van der Waals surface area contributed by atoms with Crippen LogP contribution in [0.25, 0.3) is 0 Å². The maximum Gasteiger partial charge on any atom is 0.223 e. The van der Waals surface area contributed by atoms with E-state index in [-0.39, 0.29) is 11.8 Å². The van der Waals surface area contributed by atoms with Crippen LogP contribution in [0, 0.1) is 11.8 Å². The first-order chi connectivity index (χ1) is 8.58. The Hall–Kier alpha value is -0.610. The normalized spacial score (nSPS) is 28.4. The molecule has 3 unspecified atom stereocenters. The topological polar surface area (TPSA) is 58.4 Å². The van der Waals surface area contributed by atoms with Crippen molar-refractivity contribution in [2.45, 2.75) is 46.1 Å². The van der Waals surface area contributed by atoms with Crippen LogP contribution in [0.4, 0.5) is 0 Å². The fraction of sp³-hybridized carbons (Fsp3) is 0.929. The fourth-order valence-electron chi connectivity index (χ4n) is 2.84. The summed E-state index contributed by atoms with van der Waals surface area (Å²) in [6, 6.07) is 0.291.